The highest BCUT2D eigenvalue weighted by Gasteiger charge is 2.43. The second-order valence-corrected chi connectivity index (χ2v) is 9.16. The first-order valence-corrected chi connectivity index (χ1v) is 10.6. The molecule has 136 valence electrons. The molecule has 26 heavy (non-hydrogen) atoms. The third-order valence-electron chi connectivity index (χ3n) is 6.32. The molecule has 0 radical (unpaired) electrons. The zero-order chi connectivity index (χ0) is 17.9. The highest BCUT2D eigenvalue weighted by atomic mass is 32.2. The van der Waals surface area contributed by atoms with Crippen LogP contribution in [0.1, 0.15) is 48.8 Å². The monoisotopic (exact) mass is 368 g/mol. The zero-order valence-corrected chi connectivity index (χ0v) is 15.9. The summed E-state index contributed by atoms with van der Waals surface area (Å²) in [6.07, 6.45) is 6.23. The molecule has 3 aliphatic rings. The fraction of sp³-hybridized carbons (Fsp3) is 0.524. The Labute approximate surface area is 157 Å². The van der Waals surface area contributed by atoms with Crippen LogP contribution in [0, 0.1) is 6.92 Å². The van der Waals surface area contributed by atoms with Crippen LogP contribution in [-0.2, 0) is 18.4 Å². The van der Waals surface area contributed by atoms with Gasteiger partial charge in [-0.15, -0.1) is 0 Å². The average Bonchev–Trinajstić information content (AvgIpc) is 2.64. The van der Waals surface area contributed by atoms with Gasteiger partial charge in [0.25, 0.3) is 5.56 Å². The number of fused-ring (bicyclic) bond motifs is 5. The van der Waals surface area contributed by atoms with Gasteiger partial charge in [-0.2, -0.15) is 0 Å². The van der Waals surface area contributed by atoms with Crippen LogP contribution in [0.5, 0.6) is 0 Å². The van der Waals surface area contributed by atoms with Gasteiger partial charge in [0.2, 0.25) is 0 Å². The molecular formula is C21H24N2O2S. The summed E-state index contributed by atoms with van der Waals surface area (Å²) in [6, 6.07) is 6.60. The van der Waals surface area contributed by atoms with E-state index in [-0.39, 0.29) is 11.0 Å². The van der Waals surface area contributed by atoms with Crippen LogP contribution in [0.15, 0.2) is 28.2 Å². The molecule has 1 N–H and O–H groups in total. The van der Waals surface area contributed by atoms with Crippen molar-refractivity contribution in [1.82, 2.24) is 9.55 Å². The van der Waals surface area contributed by atoms with Crippen LogP contribution in [-0.4, -0.2) is 26.5 Å². The molecule has 1 fully saturated rings. The molecule has 1 aromatic heterocycles. The molecule has 0 unspecified atom stereocenters. The molecule has 1 spiro atoms. The predicted molar refractivity (Wildman–Crippen MR) is 104 cm³/mol. The van der Waals surface area contributed by atoms with Crippen molar-refractivity contribution in [3.8, 4) is 11.3 Å². The second kappa shape index (κ2) is 5.96. The second-order valence-electron chi connectivity index (χ2n) is 8.18. The summed E-state index contributed by atoms with van der Waals surface area (Å²) in [4.78, 5) is 18.6. The Morgan fingerprint density at radius 1 is 1.27 bits per heavy atom. The number of hydrogen-bond acceptors (Lipinski definition) is 4. The minimum absolute atomic E-state index is 0.0744. The number of aryl methyl sites for hydroxylation is 1. The minimum Gasteiger partial charge on any atom is -0.390 e. The summed E-state index contributed by atoms with van der Waals surface area (Å²) in [5.74, 6) is 0.608. The number of aromatic nitrogens is 2. The first kappa shape index (κ1) is 16.6. The Kier molecular flexibility index (Phi) is 3.80. The molecule has 1 saturated carbocycles. The lowest BCUT2D eigenvalue weighted by Gasteiger charge is -2.42. The maximum Gasteiger partial charge on any atom is 0.258 e. The van der Waals surface area contributed by atoms with Crippen molar-refractivity contribution in [3.05, 3.63) is 45.2 Å². The molecule has 5 heteroatoms. The van der Waals surface area contributed by atoms with E-state index in [1.165, 1.54) is 42.2 Å². The van der Waals surface area contributed by atoms with Crippen LogP contribution in [0.2, 0.25) is 0 Å². The molecule has 1 atom stereocenters. The molecule has 1 aliphatic heterocycles. The summed E-state index contributed by atoms with van der Waals surface area (Å²) in [7, 11) is 0. The Balaban J connectivity index is 1.81. The van der Waals surface area contributed by atoms with E-state index in [1.807, 2.05) is 0 Å². The molecule has 2 heterocycles. The van der Waals surface area contributed by atoms with Gasteiger partial charge in [0, 0.05) is 16.7 Å². The highest BCUT2D eigenvalue weighted by molar-refractivity contribution is 7.99. The van der Waals surface area contributed by atoms with Gasteiger partial charge in [0.05, 0.1) is 23.9 Å². The van der Waals surface area contributed by atoms with Gasteiger partial charge in [-0.1, -0.05) is 48.7 Å². The number of aliphatic hydroxyl groups excluding tert-OH is 1. The van der Waals surface area contributed by atoms with Crippen molar-refractivity contribution in [2.75, 3.05) is 5.75 Å². The number of nitrogens with zero attached hydrogens (tertiary/aromatic N) is 2. The van der Waals surface area contributed by atoms with Gasteiger partial charge in [-0.05, 0) is 37.8 Å². The van der Waals surface area contributed by atoms with E-state index in [2.05, 4.69) is 25.1 Å². The summed E-state index contributed by atoms with van der Waals surface area (Å²) >= 11 is 1.50. The summed E-state index contributed by atoms with van der Waals surface area (Å²) < 4.78 is 1.73. The molecule has 2 aliphatic carbocycles. The molecule has 2 aromatic rings. The molecule has 0 bridgehead atoms. The third-order valence-corrected chi connectivity index (χ3v) is 7.44. The Morgan fingerprint density at radius 3 is 2.88 bits per heavy atom. The molecule has 0 saturated heterocycles. The number of aliphatic hydroxyl groups is 1. The van der Waals surface area contributed by atoms with Gasteiger partial charge in [0.15, 0.2) is 5.16 Å². The van der Waals surface area contributed by atoms with E-state index in [0.29, 0.717) is 12.3 Å². The Bertz CT molecular complexity index is 944. The summed E-state index contributed by atoms with van der Waals surface area (Å²) in [5, 5.41) is 10.8. The first-order valence-electron chi connectivity index (χ1n) is 9.63. The smallest absolute Gasteiger partial charge is 0.258 e. The lowest BCUT2D eigenvalue weighted by Crippen LogP contribution is -2.45. The van der Waals surface area contributed by atoms with Crippen molar-refractivity contribution in [2.45, 2.75) is 68.7 Å². The van der Waals surface area contributed by atoms with Gasteiger partial charge in [-0.3, -0.25) is 9.36 Å². The Morgan fingerprint density at radius 2 is 2.08 bits per heavy atom. The van der Waals surface area contributed by atoms with Crippen LogP contribution in [0.4, 0.5) is 0 Å². The molecule has 4 nitrogen and oxygen atoms in total. The van der Waals surface area contributed by atoms with Crippen molar-refractivity contribution in [1.29, 1.82) is 0 Å². The largest absolute Gasteiger partial charge is 0.390 e. The van der Waals surface area contributed by atoms with Crippen molar-refractivity contribution in [2.24, 2.45) is 0 Å². The van der Waals surface area contributed by atoms with E-state index < -0.39 is 6.10 Å². The van der Waals surface area contributed by atoms with Crippen LogP contribution >= 0.6 is 11.8 Å². The zero-order valence-electron chi connectivity index (χ0n) is 15.1. The van der Waals surface area contributed by atoms with Crippen LogP contribution in [0.25, 0.3) is 11.3 Å². The molecule has 5 rings (SSSR count). The van der Waals surface area contributed by atoms with Crippen molar-refractivity contribution >= 4 is 11.8 Å². The van der Waals surface area contributed by atoms with Crippen molar-refractivity contribution in [3.63, 3.8) is 0 Å². The SMILES string of the molecule is Cc1ccc2c(c1)-c1nc3n(c(=O)c1C1(CCCCC1)C2)C[C@@H](O)CS3. The van der Waals surface area contributed by atoms with Gasteiger partial charge in [-0.25, -0.2) is 4.98 Å². The van der Waals surface area contributed by atoms with E-state index in [0.717, 1.165) is 41.2 Å². The fourth-order valence-corrected chi connectivity index (χ4v) is 6.00. The van der Waals surface area contributed by atoms with E-state index in [1.54, 1.807) is 4.57 Å². The summed E-state index contributed by atoms with van der Waals surface area (Å²) in [6.45, 7) is 2.47. The minimum atomic E-state index is -0.467. The van der Waals surface area contributed by atoms with E-state index in [9.17, 15) is 9.90 Å². The van der Waals surface area contributed by atoms with Crippen LogP contribution < -0.4 is 5.56 Å². The lowest BCUT2D eigenvalue weighted by atomic mass is 9.62. The van der Waals surface area contributed by atoms with E-state index in [4.69, 9.17) is 4.98 Å². The maximum atomic E-state index is 13.6. The van der Waals surface area contributed by atoms with Gasteiger partial charge in [0.1, 0.15) is 0 Å². The van der Waals surface area contributed by atoms with Gasteiger partial charge < -0.3 is 5.11 Å². The first-order chi connectivity index (χ1) is 12.6. The maximum absolute atomic E-state index is 13.6. The van der Waals surface area contributed by atoms with Crippen molar-refractivity contribution < 1.29 is 5.11 Å². The number of hydrogen-bond donors (Lipinski definition) is 1. The third kappa shape index (κ3) is 2.40. The predicted octanol–water partition coefficient (Wildman–Crippen LogP) is 3.44. The van der Waals surface area contributed by atoms with Crippen LogP contribution in [0.3, 0.4) is 0 Å². The molecular weight excluding hydrogens is 344 g/mol. The summed E-state index contributed by atoms with van der Waals surface area (Å²) in [5.41, 5.74) is 5.54. The number of thioether (sulfide) groups is 1. The fourth-order valence-electron chi connectivity index (χ4n) is 5.09. The molecule has 1 aromatic carbocycles. The van der Waals surface area contributed by atoms with E-state index >= 15 is 0 Å². The van der Waals surface area contributed by atoms with Gasteiger partial charge >= 0.3 is 0 Å². The normalized spacial score (nSPS) is 23.2. The standard InChI is InChI=1S/C21H24N2O2S/c1-13-5-6-14-10-21(7-3-2-4-8-21)17-18(16(14)9-13)22-20-23(19(17)25)11-15(24)12-26-20/h5-6,9,15,24H,2-4,7-8,10-12H2,1H3/t15-/m1/s1. The molecule has 0 amide bonds. The number of benzene rings is 1. The average molecular weight is 369 g/mol. The topological polar surface area (TPSA) is 55.1 Å². The number of rotatable bonds is 0. The lowest BCUT2D eigenvalue weighted by molar-refractivity contribution is 0.166. The quantitative estimate of drug-likeness (QED) is 0.724. The highest BCUT2D eigenvalue weighted by Crippen LogP contribution is 2.49. The Hall–Kier alpha value is -1.59.